The topological polar surface area (TPSA) is 0 Å². The van der Waals surface area contributed by atoms with Crippen LogP contribution in [0.4, 0.5) is 0 Å². The molecule has 0 radical (unpaired) electrons. The summed E-state index contributed by atoms with van der Waals surface area (Å²) in [6, 6.07) is 6.29. The molecule has 118 valence electrons. The van der Waals surface area contributed by atoms with Crippen LogP contribution in [0.3, 0.4) is 0 Å². The predicted octanol–water partition coefficient (Wildman–Crippen LogP) is 7.29. The lowest BCUT2D eigenvalue weighted by Crippen LogP contribution is -2.07. The number of hydrogen-bond acceptors (Lipinski definition) is 0. The molecule has 0 saturated carbocycles. The first-order valence-electron chi connectivity index (χ1n) is 8.46. The summed E-state index contributed by atoms with van der Waals surface area (Å²) in [5, 5.41) is 0.844. The normalized spacial score (nSPS) is 13.8. The molecule has 0 nitrogen and oxygen atoms in total. The Morgan fingerprint density at radius 3 is 2.43 bits per heavy atom. The summed E-state index contributed by atoms with van der Waals surface area (Å²) < 4.78 is 0. The highest BCUT2D eigenvalue weighted by molar-refractivity contribution is 6.30. The number of halogens is 1. The number of allylic oxidation sites excluding steroid dienone is 2. The molecule has 1 unspecified atom stereocenters. The Hall–Kier alpha value is -0.750. The monoisotopic (exact) mass is 306 g/mol. The second-order valence-corrected chi connectivity index (χ2v) is 6.92. The van der Waals surface area contributed by atoms with Crippen LogP contribution in [-0.4, -0.2) is 0 Å². The molecule has 0 aliphatic carbocycles. The molecule has 21 heavy (non-hydrogen) atoms. The minimum Gasteiger partial charge on any atom is -0.0843 e. The molecule has 0 aliphatic rings. The van der Waals surface area contributed by atoms with E-state index < -0.39 is 0 Å². The SMILES string of the molecule is CC/C=C(\c1cc(Cl)ccc1C)C(CCC)CCC(C)C. The molecule has 0 N–H and O–H groups in total. The van der Waals surface area contributed by atoms with Crippen molar-refractivity contribution in [2.24, 2.45) is 11.8 Å². The lowest BCUT2D eigenvalue weighted by Gasteiger charge is -2.23. The number of benzene rings is 1. The number of hydrogen-bond donors (Lipinski definition) is 0. The fraction of sp³-hybridized carbons (Fsp3) is 0.600. The van der Waals surface area contributed by atoms with E-state index in [1.165, 1.54) is 42.4 Å². The maximum Gasteiger partial charge on any atom is 0.0412 e. The maximum absolute atomic E-state index is 6.24. The third-order valence-electron chi connectivity index (χ3n) is 4.10. The van der Waals surface area contributed by atoms with Gasteiger partial charge in [0, 0.05) is 5.02 Å². The molecular weight excluding hydrogens is 276 g/mol. The molecule has 0 aromatic heterocycles. The van der Waals surface area contributed by atoms with Crippen LogP contribution in [0.5, 0.6) is 0 Å². The summed E-state index contributed by atoms with van der Waals surface area (Å²) in [6.07, 6.45) is 8.59. The van der Waals surface area contributed by atoms with Crippen molar-refractivity contribution >= 4 is 17.2 Å². The van der Waals surface area contributed by atoms with Crippen molar-refractivity contribution in [2.45, 2.75) is 66.7 Å². The highest BCUT2D eigenvalue weighted by atomic mass is 35.5. The number of aryl methyl sites for hydroxylation is 1. The van der Waals surface area contributed by atoms with E-state index in [-0.39, 0.29) is 0 Å². The third kappa shape index (κ3) is 5.87. The minimum atomic E-state index is 0.662. The minimum absolute atomic E-state index is 0.662. The Bertz CT molecular complexity index is 457. The molecule has 0 amide bonds. The zero-order chi connectivity index (χ0) is 15.8. The van der Waals surface area contributed by atoms with Crippen LogP contribution < -0.4 is 0 Å². The van der Waals surface area contributed by atoms with E-state index in [4.69, 9.17) is 11.6 Å². The molecule has 0 aliphatic heterocycles. The molecule has 1 rings (SSSR count). The van der Waals surface area contributed by atoms with Gasteiger partial charge in [-0.3, -0.25) is 0 Å². The van der Waals surface area contributed by atoms with Crippen LogP contribution in [0.25, 0.3) is 5.57 Å². The van der Waals surface area contributed by atoms with Crippen LogP contribution in [0, 0.1) is 18.8 Å². The summed E-state index contributed by atoms with van der Waals surface area (Å²) in [4.78, 5) is 0. The standard InChI is InChI=1S/C20H31Cl/c1-6-8-17(12-10-15(3)4)19(9-7-2)20-14-18(21)13-11-16(20)5/h9,11,13-15,17H,6-8,10,12H2,1-5H3/b19-9-. The van der Waals surface area contributed by atoms with Gasteiger partial charge in [-0.1, -0.05) is 64.3 Å². The average Bonchev–Trinajstić information content (AvgIpc) is 2.44. The van der Waals surface area contributed by atoms with E-state index in [0.717, 1.165) is 17.4 Å². The van der Waals surface area contributed by atoms with E-state index >= 15 is 0 Å². The summed E-state index contributed by atoms with van der Waals surface area (Å²) in [6.45, 7) is 11.3. The molecule has 1 aromatic rings. The van der Waals surface area contributed by atoms with Gasteiger partial charge >= 0.3 is 0 Å². The molecular formula is C20H31Cl. The van der Waals surface area contributed by atoms with Gasteiger partial charge in [0.05, 0.1) is 0 Å². The van der Waals surface area contributed by atoms with E-state index in [9.17, 15) is 0 Å². The van der Waals surface area contributed by atoms with Gasteiger partial charge < -0.3 is 0 Å². The molecule has 0 fully saturated rings. The van der Waals surface area contributed by atoms with Gasteiger partial charge in [-0.2, -0.15) is 0 Å². The molecule has 0 heterocycles. The highest BCUT2D eigenvalue weighted by Gasteiger charge is 2.17. The zero-order valence-corrected chi connectivity index (χ0v) is 15.1. The molecule has 0 saturated heterocycles. The van der Waals surface area contributed by atoms with Crippen LogP contribution in [0.2, 0.25) is 5.02 Å². The largest absolute Gasteiger partial charge is 0.0843 e. The smallest absolute Gasteiger partial charge is 0.0412 e. The second-order valence-electron chi connectivity index (χ2n) is 6.48. The highest BCUT2D eigenvalue weighted by Crippen LogP contribution is 2.35. The fourth-order valence-corrected chi connectivity index (χ4v) is 3.13. The van der Waals surface area contributed by atoms with Gasteiger partial charge in [0.15, 0.2) is 0 Å². The van der Waals surface area contributed by atoms with Crippen LogP contribution in [-0.2, 0) is 0 Å². The van der Waals surface area contributed by atoms with Crippen molar-refractivity contribution in [3.05, 3.63) is 40.4 Å². The molecule has 0 spiro atoms. The van der Waals surface area contributed by atoms with Gasteiger partial charge in [0.25, 0.3) is 0 Å². The summed E-state index contributed by atoms with van der Waals surface area (Å²) in [5.74, 6) is 1.43. The number of rotatable bonds is 8. The van der Waals surface area contributed by atoms with Crippen molar-refractivity contribution in [3.8, 4) is 0 Å². The van der Waals surface area contributed by atoms with Crippen LogP contribution >= 0.6 is 11.6 Å². The van der Waals surface area contributed by atoms with Gasteiger partial charge in [-0.25, -0.2) is 0 Å². The first kappa shape index (κ1) is 18.3. The molecule has 1 atom stereocenters. The van der Waals surface area contributed by atoms with Crippen LogP contribution in [0.1, 0.15) is 70.9 Å². The van der Waals surface area contributed by atoms with Crippen molar-refractivity contribution in [1.29, 1.82) is 0 Å². The first-order valence-corrected chi connectivity index (χ1v) is 8.83. The van der Waals surface area contributed by atoms with Gasteiger partial charge in [0.2, 0.25) is 0 Å². The van der Waals surface area contributed by atoms with Crippen molar-refractivity contribution in [3.63, 3.8) is 0 Å². The van der Waals surface area contributed by atoms with Gasteiger partial charge in [-0.05, 0) is 66.9 Å². The average molecular weight is 307 g/mol. The van der Waals surface area contributed by atoms with E-state index in [0.29, 0.717) is 5.92 Å². The van der Waals surface area contributed by atoms with Gasteiger partial charge in [0.1, 0.15) is 0 Å². The summed E-state index contributed by atoms with van der Waals surface area (Å²) in [7, 11) is 0. The van der Waals surface area contributed by atoms with E-state index in [1.54, 1.807) is 0 Å². The molecule has 0 bridgehead atoms. The Balaban J connectivity index is 3.12. The van der Waals surface area contributed by atoms with Crippen molar-refractivity contribution in [2.75, 3.05) is 0 Å². The summed E-state index contributed by atoms with van der Waals surface area (Å²) >= 11 is 6.24. The van der Waals surface area contributed by atoms with E-state index in [2.05, 4.69) is 52.8 Å². The van der Waals surface area contributed by atoms with E-state index in [1.807, 2.05) is 6.07 Å². The third-order valence-corrected chi connectivity index (χ3v) is 4.34. The lowest BCUT2D eigenvalue weighted by molar-refractivity contribution is 0.466. The molecule has 1 heteroatoms. The van der Waals surface area contributed by atoms with Gasteiger partial charge in [-0.15, -0.1) is 0 Å². The lowest BCUT2D eigenvalue weighted by atomic mass is 9.82. The Kier molecular flexibility index (Phi) is 8.11. The predicted molar refractivity (Wildman–Crippen MR) is 96.9 cm³/mol. The second kappa shape index (κ2) is 9.30. The molecule has 1 aromatic carbocycles. The quantitative estimate of drug-likeness (QED) is 0.473. The van der Waals surface area contributed by atoms with Crippen molar-refractivity contribution < 1.29 is 0 Å². The van der Waals surface area contributed by atoms with Crippen LogP contribution in [0.15, 0.2) is 24.3 Å². The Morgan fingerprint density at radius 2 is 1.86 bits per heavy atom. The fourth-order valence-electron chi connectivity index (χ4n) is 2.96. The maximum atomic E-state index is 6.24. The Morgan fingerprint density at radius 1 is 1.14 bits per heavy atom. The Labute approximate surface area is 136 Å². The zero-order valence-electron chi connectivity index (χ0n) is 14.4. The van der Waals surface area contributed by atoms with Crippen molar-refractivity contribution in [1.82, 2.24) is 0 Å². The first-order chi connectivity index (χ1) is 9.99. The summed E-state index contributed by atoms with van der Waals surface area (Å²) in [5.41, 5.74) is 4.20.